The van der Waals surface area contributed by atoms with E-state index in [1.807, 2.05) is 0 Å². The average Bonchev–Trinajstić information content (AvgIpc) is 2.37. The summed E-state index contributed by atoms with van der Waals surface area (Å²) in [6.45, 7) is -0.692. The molecule has 2 rings (SSSR count). The van der Waals surface area contributed by atoms with Gasteiger partial charge in [-0.25, -0.2) is 0 Å². The molecule has 0 saturated heterocycles. The molecule has 1 nitrogen and oxygen atoms in total. The Kier molecular flexibility index (Phi) is 6.95. The first-order valence-corrected chi connectivity index (χ1v) is 7.39. The Morgan fingerprint density at radius 2 is 1.11 bits per heavy atom. The number of nitrogens with zero attached hydrogens (tertiary/aromatic N) is 1. The Morgan fingerprint density at radius 3 is 1.42 bits per heavy atom. The highest BCUT2D eigenvalue weighted by atomic mass is 35.5. The molecular formula is C14H25ClF3N. The maximum atomic E-state index is 12.8. The molecule has 0 bridgehead atoms. The lowest BCUT2D eigenvalue weighted by molar-refractivity contribution is -0.160. The van der Waals surface area contributed by atoms with E-state index in [9.17, 15) is 13.2 Å². The zero-order valence-electron chi connectivity index (χ0n) is 11.4. The van der Waals surface area contributed by atoms with Gasteiger partial charge in [0.25, 0.3) is 0 Å². The maximum absolute atomic E-state index is 12.8. The van der Waals surface area contributed by atoms with Crippen molar-refractivity contribution in [2.45, 2.75) is 82.5 Å². The van der Waals surface area contributed by atoms with Gasteiger partial charge in [-0.3, -0.25) is 4.90 Å². The minimum Gasteiger partial charge on any atom is -0.289 e. The first kappa shape index (κ1) is 17.1. The van der Waals surface area contributed by atoms with Gasteiger partial charge in [0.2, 0.25) is 0 Å². The molecular weight excluding hydrogens is 275 g/mol. The normalized spacial score (nSPS) is 23.4. The molecule has 0 radical (unpaired) electrons. The Bertz CT molecular complexity index is 228. The molecule has 2 fully saturated rings. The molecule has 0 aromatic rings. The van der Waals surface area contributed by atoms with Gasteiger partial charge in [-0.05, 0) is 25.7 Å². The summed E-state index contributed by atoms with van der Waals surface area (Å²) < 4.78 is 38.3. The summed E-state index contributed by atoms with van der Waals surface area (Å²) in [6.07, 6.45) is 6.62. The van der Waals surface area contributed by atoms with E-state index in [1.165, 1.54) is 12.8 Å². The molecule has 0 atom stereocenters. The van der Waals surface area contributed by atoms with E-state index in [4.69, 9.17) is 0 Å². The molecule has 19 heavy (non-hydrogen) atoms. The molecule has 0 spiro atoms. The van der Waals surface area contributed by atoms with Crippen molar-refractivity contribution < 1.29 is 13.2 Å². The van der Waals surface area contributed by atoms with E-state index in [2.05, 4.69) is 0 Å². The highest BCUT2D eigenvalue weighted by Crippen LogP contribution is 2.32. The molecule has 0 aliphatic heterocycles. The van der Waals surface area contributed by atoms with Gasteiger partial charge in [0.1, 0.15) is 0 Å². The van der Waals surface area contributed by atoms with E-state index in [1.54, 1.807) is 4.90 Å². The van der Waals surface area contributed by atoms with Gasteiger partial charge >= 0.3 is 6.18 Å². The summed E-state index contributed by atoms with van der Waals surface area (Å²) >= 11 is 0. The fourth-order valence-corrected chi connectivity index (χ4v) is 3.59. The van der Waals surface area contributed by atoms with Crippen LogP contribution in [-0.2, 0) is 0 Å². The minimum absolute atomic E-state index is 0. The summed E-state index contributed by atoms with van der Waals surface area (Å²) in [7, 11) is 0. The van der Waals surface area contributed by atoms with Crippen LogP contribution in [0.4, 0.5) is 13.2 Å². The number of halogens is 4. The van der Waals surface area contributed by atoms with Crippen LogP contribution in [0.2, 0.25) is 0 Å². The lowest BCUT2D eigenvalue weighted by Crippen LogP contribution is -2.49. The van der Waals surface area contributed by atoms with Crippen LogP contribution >= 0.6 is 12.4 Å². The SMILES string of the molecule is Cl.FC(F)(F)CN(C1CCCCC1)C1CCCCC1. The van der Waals surface area contributed by atoms with Gasteiger partial charge < -0.3 is 0 Å². The number of hydrogen-bond acceptors (Lipinski definition) is 1. The van der Waals surface area contributed by atoms with Crippen molar-refractivity contribution in [1.29, 1.82) is 0 Å². The third-order valence-corrected chi connectivity index (χ3v) is 4.45. The maximum Gasteiger partial charge on any atom is 0.401 e. The van der Waals surface area contributed by atoms with Crippen molar-refractivity contribution in [3.8, 4) is 0 Å². The van der Waals surface area contributed by atoms with Crippen molar-refractivity contribution in [2.24, 2.45) is 0 Å². The van der Waals surface area contributed by atoms with Gasteiger partial charge in [-0.1, -0.05) is 38.5 Å². The van der Waals surface area contributed by atoms with Crippen LogP contribution in [0, 0.1) is 0 Å². The smallest absolute Gasteiger partial charge is 0.289 e. The van der Waals surface area contributed by atoms with Crippen LogP contribution in [0.3, 0.4) is 0 Å². The zero-order valence-corrected chi connectivity index (χ0v) is 12.2. The molecule has 0 unspecified atom stereocenters. The molecule has 2 aliphatic rings. The van der Waals surface area contributed by atoms with Crippen molar-refractivity contribution >= 4 is 12.4 Å². The average molecular weight is 300 g/mol. The van der Waals surface area contributed by atoms with Crippen molar-refractivity contribution in [1.82, 2.24) is 4.90 Å². The van der Waals surface area contributed by atoms with Crippen LogP contribution in [0.1, 0.15) is 64.2 Å². The molecule has 2 aliphatic carbocycles. The Morgan fingerprint density at radius 1 is 0.737 bits per heavy atom. The molecule has 0 aromatic heterocycles. The second-order valence-corrected chi connectivity index (χ2v) is 5.87. The number of rotatable bonds is 3. The molecule has 0 heterocycles. The summed E-state index contributed by atoms with van der Waals surface area (Å²) in [6, 6.07) is 0.368. The number of alkyl halides is 3. The third kappa shape index (κ3) is 5.50. The molecule has 0 amide bonds. The molecule has 5 heteroatoms. The molecule has 0 aromatic carbocycles. The van der Waals surface area contributed by atoms with Crippen LogP contribution in [0.5, 0.6) is 0 Å². The standard InChI is InChI=1S/C14H24F3N.ClH/c15-14(16,17)11-18(12-7-3-1-4-8-12)13-9-5-2-6-10-13;/h12-13H,1-11H2;1H. The van der Waals surface area contributed by atoms with E-state index in [0.29, 0.717) is 0 Å². The van der Waals surface area contributed by atoms with Crippen LogP contribution in [-0.4, -0.2) is 29.7 Å². The summed E-state index contributed by atoms with van der Waals surface area (Å²) in [5, 5.41) is 0. The minimum atomic E-state index is -4.05. The van der Waals surface area contributed by atoms with Crippen molar-refractivity contribution in [2.75, 3.05) is 6.54 Å². The Balaban J connectivity index is 0.00000180. The Labute approximate surface area is 120 Å². The predicted molar refractivity (Wildman–Crippen MR) is 73.8 cm³/mol. The lowest BCUT2D eigenvalue weighted by atomic mass is 9.88. The summed E-state index contributed by atoms with van der Waals surface area (Å²) in [5.41, 5.74) is 0. The van der Waals surface area contributed by atoms with E-state index >= 15 is 0 Å². The van der Waals surface area contributed by atoms with E-state index in [0.717, 1.165) is 51.4 Å². The van der Waals surface area contributed by atoms with Gasteiger partial charge in [-0.15, -0.1) is 12.4 Å². The zero-order chi connectivity index (χ0) is 13.0. The predicted octanol–water partition coefficient (Wildman–Crippen LogP) is 4.94. The topological polar surface area (TPSA) is 3.24 Å². The van der Waals surface area contributed by atoms with Crippen LogP contribution < -0.4 is 0 Å². The fourth-order valence-electron chi connectivity index (χ4n) is 3.59. The monoisotopic (exact) mass is 299 g/mol. The fraction of sp³-hybridized carbons (Fsp3) is 1.00. The van der Waals surface area contributed by atoms with Gasteiger partial charge in [0.15, 0.2) is 0 Å². The van der Waals surface area contributed by atoms with Gasteiger partial charge in [0.05, 0.1) is 6.54 Å². The van der Waals surface area contributed by atoms with Gasteiger partial charge in [0, 0.05) is 12.1 Å². The Hall–Kier alpha value is 0.0400. The molecule has 2 saturated carbocycles. The lowest BCUT2D eigenvalue weighted by Gasteiger charge is -2.41. The van der Waals surface area contributed by atoms with E-state index < -0.39 is 12.7 Å². The van der Waals surface area contributed by atoms with Crippen LogP contribution in [0.15, 0.2) is 0 Å². The molecule has 0 N–H and O–H groups in total. The van der Waals surface area contributed by atoms with E-state index in [-0.39, 0.29) is 24.5 Å². The highest BCUT2D eigenvalue weighted by molar-refractivity contribution is 5.85. The first-order chi connectivity index (χ1) is 8.56. The second kappa shape index (κ2) is 7.72. The number of hydrogen-bond donors (Lipinski definition) is 0. The van der Waals surface area contributed by atoms with Gasteiger partial charge in [-0.2, -0.15) is 13.2 Å². The van der Waals surface area contributed by atoms with Crippen LogP contribution in [0.25, 0.3) is 0 Å². The molecule has 114 valence electrons. The third-order valence-electron chi connectivity index (χ3n) is 4.45. The highest BCUT2D eigenvalue weighted by Gasteiger charge is 2.37. The van der Waals surface area contributed by atoms with Crippen molar-refractivity contribution in [3.63, 3.8) is 0 Å². The largest absolute Gasteiger partial charge is 0.401 e. The first-order valence-electron chi connectivity index (χ1n) is 7.39. The quantitative estimate of drug-likeness (QED) is 0.713. The summed E-state index contributed by atoms with van der Waals surface area (Å²) in [4.78, 5) is 1.80. The van der Waals surface area contributed by atoms with Crippen molar-refractivity contribution in [3.05, 3.63) is 0 Å². The second-order valence-electron chi connectivity index (χ2n) is 5.87. The summed E-state index contributed by atoms with van der Waals surface area (Å²) in [5.74, 6) is 0.